The third-order valence-electron chi connectivity index (χ3n) is 3.85. The lowest BCUT2D eigenvalue weighted by Crippen LogP contribution is -2.29. The van der Waals surface area contributed by atoms with Crippen LogP contribution in [-0.4, -0.2) is 37.2 Å². The summed E-state index contributed by atoms with van der Waals surface area (Å²) in [6, 6.07) is 7.05. The summed E-state index contributed by atoms with van der Waals surface area (Å²) in [6.45, 7) is 0.268. The highest BCUT2D eigenvalue weighted by atomic mass is 32.1. The molecule has 0 radical (unpaired) electrons. The Bertz CT molecular complexity index is 835. The van der Waals surface area contributed by atoms with Crippen LogP contribution in [0.25, 0.3) is 6.08 Å². The van der Waals surface area contributed by atoms with Gasteiger partial charge in [-0.05, 0) is 48.1 Å². The van der Waals surface area contributed by atoms with Gasteiger partial charge in [-0.2, -0.15) is 0 Å². The van der Waals surface area contributed by atoms with Crippen LogP contribution in [-0.2, 0) is 11.3 Å². The summed E-state index contributed by atoms with van der Waals surface area (Å²) < 4.78 is 21.3. The van der Waals surface area contributed by atoms with E-state index in [1.54, 1.807) is 36.6 Å². The number of ether oxygens (including phenoxy) is 3. The molecule has 1 aromatic carbocycles. The van der Waals surface area contributed by atoms with Gasteiger partial charge in [0, 0.05) is 0 Å². The lowest BCUT2D eigenvalue weighted by atomic mass is 10.1. The average Bonchev–Trinajstić information content (AvgIpc) is 3.25. The predicted octanol–water partition coefficient (Wildman–Crippen LogP) is 2.56. The SMILES string of the molecule is COc1cc(/C=C2\NC(=S)N(Cc3ccco3)C2=O)cc(OC)c1OC. The maximum Gasteiger partial charge on any atom is 0.276 e. The van der Waals surface area contributed by atoms with Crippen molar-refractivity contribution in [1.29, 1.82) is 0 Å². The number of carbonyl (C=O) groups excluding carboxylic acids is 1. The van der Waals surface area contributed by atoms with Gasteiger partial charge in [-0.3, -0.25) is 9.69 Å². The van der Waals surface area contributed by atoms with Crippen molar-refractivity contribution in [3.05, 3.63) is 47.5 Å². The van der Waals surface area contributed by atoms with Gasteiger partial charge < -0.3 is 23.9 Å². The van der Waals surface area contributed by atoms with Crippen LogP contribution in [0.1, 0.15) is 11.3 Å². The summed E-state index contributed by atoms with van der Waals surface area (Å²) in [5, 5.41) is 3.26. The van der Waals surface area contributed by atoms with E-state index in [2.05, 4.69) is 5.32 Å². The average molecular weight is 374 g/mol. The largest absolute Gasteiger partial charge is 0.493 e. The number of carbonyl (C=O) groups is 1. The molecule has 26 heavy (non-hydrogen) atoms. The minimum Gasteiger partial charge on any atom is -0.493 e. The van der Waals surface area contributed by atoms with Crippen molar-refractivity contribution in [3.8, 4) is 17.2 Å². The molecule has 2 heterocycles. The number of thiocarbonyl (C=S) groups is 1. The first-order valence-corrected chi connectivity index (χ1v) is 8.15. The predicted molar refractivity (Wildman–Crippen MR) is 99.1 cm³/mol. The van der Waals surface area contributed by atoms with Crippen LogP contribution in [0.5, 0.6) is 17.2 Å². The number of hydrogen-bond acceptors (Lipinski definition) is 6. The molecule has 8 heteroatoms. The van der Waals surface area contributed by atoms with Gasteiger partial charge in [0.25, 0.3) is 5.91 Å². The van der Waals surface area contributed by atoms with Gasteiger partial charge in [0.1, 0.15) is 11.5 Å². The number of benzene rings is 1. The molecule has 1 N–H and O–H groups in total. The lowest BCUT2D eigenvalue weighted by Gasteiger charge is -2.13. The van der Waals surface area contributed by atoms with E-state index >= 15 is 0 Å². The number of hydrogen-bond donors (Lipinski definition) is 1. The fourth-order valence-corrected chi connectivity index (χ4v) is 2.88. The molecule has 0 spiro atoms. The number of nitrogens with zero attached hydrogens (tertiary/aromatic N) is 1. The Hall–Kier alpha value is -3.00. The Labute approximate surface area is 156 Å². The van der Waals surface area contributed by atoms with Crippen LogP contribution >= 0.6 is 12.2 Å². The third-order valence-corrected chi connectivity index (χ3v) is 4.18. The fourth-order valence-electron chi connectivity index (χ4n) is 2.62. The van der Waals surface area contributed by atoms with Crippen molar-refractivity contribution in [2.75, 3.05) is 21.3 Å². The van der Waals surface area contributed by atoms with Gasteiger partial charge in [0.15, 0.2) is 16.6 Å². The van der Waals surface area contributed by atoms with Crippen LogP contribution in [0, 0.1) is 0 Å². The zero-order valence-corrected chi connectivity index (χ0v) is 15.4. The van der Waals surface area contributed by atoms with Crippen LogP contribution in [0.3, 0.4) is 0 Å². The van der Waals surface area contributed by atoms with Crippen molar-refractivity contribution in [1.82, 2.24) is 10.2 Å². The van der Waals surface area contributed by atoms with Crippen molar-refractivity contribution in [3.63, 3.8) is 0 Å². The lowest BCUT2D eigenvalue weighted by molar-refractivity contribution is -0.122. The van der Waals surface area contributed by atoms with Crippen molar-refractivity contribution in [2.24, 2.45) is 0 Å². The molecular weight excluding hydrogens is 356 g/mol. The molecule has 1 fully saturated rings. The number of furan rings is 1. The van der Waals surface area contributed by atoms with Gasteiger partial charge in [0.05, 0.1) is 34.1 Å². The van der Waals surface area contributed by atoms with Crippen molar-refractivity contribution >= 4 is 29.3 Å². The third kappa shape index (κ3) is 3.36. The van der Waals surface area contributed by atoms with E-state index < -0.39 is 0 Å². The number of methoxy groups -OCH3 is 3. The van der Waals surface area contributed by atoms with Crippen LogP contribution in [0.4, 0.5) is 0 Å². The second kappa shape index (κ2) is 7.49. The summed E-state index contributed by atoms with van der Waals surface area (Å²) in [6.07, 6.45) is 3.24. The summed E-state index contributed by atoms with van der Waals surface area (Å²) in [7, 11) is 4.60. The van der Waals surface area contributed by atoms with E-state index in [0.717, 1.165) is 0 Å². The Morgan fingerprint density at radius 2 is 1.88 bits per heavy atom. The number of nitrogens with one attached hydrogen (secondary N) is 1. The highest BCUT2D eigenvalue weighted by Gasteiger charge is 2.31. The van der Waals surface area contributed by atoms with Crippen LogP contribution < -0.4 is 19.5 Å². The van der Waals surface area contributed by atoms with E-state index in [4.69, 9.17) is 30.8 Å². The van der Waals surface area contributed by atoms with Gasteiger partial charge in [-0.15, -0.1) is 0 Å². The Morgan fingerprint density at radius 3 is 2.42 bits per heavy atom. The first kappa shape index (κ1) is 17.8. The molecule has 3 rings (SSSR count). The summed E-state index contributed by atoms with van der Waals surface area (Å²) in [4.78, 5) is 14.1. The molecule has 1 aliphatic rings. The molecule has 7 nitrogen and oxygen atoms in total. The first-order valence-electron chi connectivity index (χ1n) is 7.74. The monoisotopic (exact) mass is 374 g/mol. The second-order valence-electron chi connectivity index (χ2n) is 5.42. The molecule has 0 aliphatic carbocycles. The van der Waals surface area contributed by atoms with Gasteiger partial charge in [-0.1, -0.05) is 0 Å². The summed E-state index contributed by atoms with van der Waals surface area (Å²) in [5.74, 6) is 1.90. The van der Waals surface area contributed by atoms with Crippen molar-refractivity contribution in [2.45, 2.75) is 6.54 Å². The second-order valence-corrected chi connectivity index (χ2v) is 5.80. The van der Waals surface area contributed by atoms with Crippen LogP contribution in [0.15, 0.2) is 40.6 Å². The molecule has 1 aliphatic heterocycles. The molecule has 1 aromatic heterocycles. The molecule has 0 bridgehead atoms. The van der Waals surface area contributed by atoms with E-state index in [1.165, 1.54) is 26.2 Å². The molecule has 1 saturated heterocycles. The van der Waals surface area contributed by atoms with Crippen molar-refractivity contribution < 1.29 is 23.4 Å². The molecular formula is C18H18N2O5S. The van der Waals surface area contributed by atoms with E-state index in [1.807, 2.05) is 0 Å². The minimum atomic E-state index is -0.236. The molecule has 136 valence electrons. The Kier molecular flexibility index (Phi) is 5.13. The smallest absolute Gasteiger partial charge is 0.276 e. The van der Waals surface area contributed by atoms with E-state index in [0.29, 0.717) is 39.4 Å². The van der Waals surface area contributed by atoms with E-state index in [9.17, 15) is 4.79 Å². The first-order chi connectivity index (χ1) is 12.6. The topological polar surface area (TPSA) is 73.2 Å². The van der Waals surface area contributed by atoms with Gasteiger partial charge >= 0.3 is 0 Å². The Balaban J connectivity index is 1.90. The van der Waals surface area contributed by atoms with Gasteiger partial charge in [-0.25, -0.2) is 0 Å². The minimum absolute atomic E-state index is 0.236. The highest BCUT2D eigenvalue weighted by molar-refractivity contribution is 7.80. The zero-order valence-electron chi connectivity index (χ0n) is 14.6. The van der Waals surface area contributed by atoms with E-state index in [-0.39, 0.29) is 12.5 Å². The molecule has 1 amide bonds. The van der Waals surface area contributed by atoms with Gasteiger partial charge in [0.2, 0.25) is 5.75 Å². The molecule has 0 saturated carbocycles. The molecule has 2 aromatic rings. The fraction of sp³-hybridized carbons (Fsp3) is 0.222. The summed E-state index contributed by atoms with van der Waals surface area (Å²) >= 11 is 5.26. The number of rotatable bonds is 6. The maximum absolute atomic E-state index is 12.7. The zero-order chi connectivity index (χ0) is 18.7. The maximum atomic E-state index is 12.7. The molecule has 0 atom stereocenters. The highest BCUT2D eigenvalue weighted by Crippen LogP contribution is 2.38. The quantitative estimate of drug-likeness (QED) is 0.615. The van der Waals surface area contributed by atoms with Crippen LogP contribution in [0.2, 0.25) is 0 Å². The Morgan fingerprint density at radius 1 is 1.19 bits per heavy atom. The molecule has 0 unspecified atom stereocenters. The standard InChI is InChI=1S/C18H18N2O5S/c1-22-14-8-11(9-15(23-2)16(14)24-3)7-13-17(21)20(18(26)19-13)10-12-5-4-6-25-12/h4-9H,10H2,1-3H3,(H,19,26)/b13-7-. The summed E-state index contributed by atoms with van der Waals surface area (Å²) in [5.41, 5.74) is 1.06. The number of amides is 1. The normalized spacial score (nSPS) is 15.3.